The van der Waals surface area contributed by atoms with Gasteiger partial charge in [-0.05, 0) is 37.1 Å². The van der Waals surface area contributed by atoms with Gasteiger partial charge in [0.1, 0.15) is 17.0 Å². The van der Waals surface area contributed by atoms with Crippen LogP contribution < -0.4 is 4.74 Å². The Kier molecular flexibility index (Phi) is 3.06. The minimum Gasteiger partial charge on any atom is -0.508 e. The molecule has 2 aromatic carbocycles. The van der Waals surface area contributed by atoms with Crippen molar-refractivity contribution in [2.45, 2.75) is 20.5 Å². The predicted octanol–water partition coefficient (Wildman–Crippen LogP) is 3.73. The van der Waals surface area contributed by atoms with Crippen molar-refractivity contribution in [1.82, 2.24) is 4.98 Å². The average molecular weight is 269 g/mol. The first kappa shape index (κ1) is 12.5. The summed E-state index contributed by atoms with van der Waals surface area (Å²) in [6, 6.07) is 10.9. The van der Waals surface area contributed by atoms with Crippen LogP contribution in [0.4, 0.5) is 0 Å². The number of phenolic OH excluding ortho intramolecular Hbond substituents is 1. The van der Waals surface area contributed by atoms with Gasteiger partial charge >= 0.3 is 0 Å². The van der Waals surface area contributed by atoms with E-state index in [4.69, 9.17) is 9.15 Å². The smallest absolute Gasteiger partial charge is 0.233 e. The van der Waals surface area contributed by atoms with Gasteiger partial charge in [-0.3, -0.25) is 0 Å². The highest BCUT2D eigenvalue weighted by atomic mass is 16.5. The lowest BCUT2D eigenvalue weighted by Crippen LogP contribution is -1.98. The second-order valence-electron chi connectivity index (χ2n) is 4.77. The molecule has 0 unspecified atom stereocenters. The number of aromatic nitrogens is 1. The number of fused-ring (bicyclic) bond motifs is 1. The number of phenols is 1. The number of rotatable bonds is 3. The molecule has 0 amide bonds. The van der Waals surface area contributed by atoms with Gasteiger partial charge in [0.2, 0.25) is 5.89 Å². The van der Waals surface area contributed by atoms with Crippen LogP contribution in [-0.2, 0) is 6.61 Å². The standard InChI is InChI=1S/C16H15NO3/c1-10-4-3-5-11(2)16(10)19-9-15-17-13-8-12(18)6-7-14(13)20-15/h3-8,18H,9H2,1-2H3. The molecule has 0 saturated carbocycles. The molecule has 0 aliphatic rings. The Morgan fingerprint density at radius 2 is 1.90 bits per heavy atom. The van der Waals surface area contributed by atoms with Gasteiger partial charge in [-0.15, -0.1) is 0 Å². The molecule has 0 radical (unpaired) electrons. The average Bonchev–Trinajstić information content (AvgIpc) is 2.80. The van der Waals surface area contributed by atoms with Gasteiger partial charge in [-0.2, -0.15) is 0 Å². The lowest BCUT2D eigenvalue weighted by Gasteiger charge is -2.09. The summed E-state index contributed by atoms with van der Waals surface area (Å²) >= 11 is 0. The Morgan fingerprint density at radius 1 is 1.15 bits per heavy atom. The van der Waals surface area contributed by atoms with Gasteiger partial charge in [0.05, 0.1) is 0 Å². The summed E-state index contributed by atoms with van der Waals surface area (Å²) in [4.78, 5) is 4.30. The Bertz CT molecular complexity index is 741. The Hall–Kier alpha value is -2.49. The number of aryl methyl sites for hydroxylation is 2. The van der Waals surface area contributed by atoms with Crippen LogP contribution in [0.2, 0.25) is 0 Å². The zero-order valence-electron chi connectivity index (χ0n) is 11.4. The molecule has 0 spiro atoms. The normalized spacial score (nSPS) is 10.9. The molecular weight excluding hydrogens is 254 g/mol. The number of oxazole rings is 1. The number of benzene rings is 2. The van der Waals surface area contributed by atoms with Crippen molar-refractivity contribution >= 4 is 11.1 Å². The van der Waals surface area contributed by atoms with E-state index in [9.17, 15) is 5.11 Å². The molecule has 3 aromatic rings. The maximum absolute atomic E-state index is 9.41. The van der Waals surface area contributed by atoms with Crippen LogP contribution in [0.25, 0.3) is 11.1 Å². The second-order valence-corrected chi connectivity index (χ2v) is 4.77. The number of ether oxygens (including phenoxy) is 1. The van der Waals surface area contributed by atoms with Crippen molar-refractivity contribution in [2.24, 2.45) is 0 Å². The summed E-state index contributed by atoms with van der Waals surface area (Å²) in [7, 11) is 0. The molecule has 0 aliphatic heterocycles. The van der Waals surface area contributed by atoms with Crippen molar-refractivity contribution in [3.63, 3.8) is 0 Å². The highest BCUT2D eigenvalue weighted by Gasteiger charge is 2.09. The molecule has 102 valence electrons. The van der Waals surface area contributed by atoms with E-state index in [2.05, 4.69) is 4.98 Å². The van der Waals surface area contributed by atoms with Gasteiger partial charge < -0.3 is 14.3 Å². The van der Waals surface area contributed by atoms with E-state index in [0.717, 1.165) is 16.9 Å². The topological polar surface area (TPSA) is 55.5 Å². The maximum atomic E-state index is 9.41. The van der Waals surface area contributed by atoms with Crippen LogP contribution in [0, 0.1) is 13.8 Å². The minimum atomic E-state index is 0.174. The zero-order valence-corrected chi connectivity index (χ0v) is 11.4. The van der Waals surface area contributed by atoms with Gasteiger partial charge in [0.25, 0.3) is 0 Å². The highest BCUT2D eigenvalue weighted by Crippen LogP contribution is 2.25. The molecular formula is C16H15NO3. The van der Waals surface area contributed by atoms with Crippen molar-refractivity contribution in [2.75, 3.05) is 0 Å². The molecule has 1 heterocycles. The molecule has 20 heavy (non-hydrogen) atoms. The molecule has 3 rings (SSSR count). The number of aromatic hydroxyl groups is 1. The quantitative estimate of drug-likeness (QED) is 0.787. The molecule has 0 fully saturated rings. The van der Waals surface area contributed by atoms with Crippen LogP contribution in [0.1, 0.15) is 17.0 Å². The Balaban J connectivity index is 1.83. The second kappa shape index (κ2) is 4.89. The van der Waals surface area contributed by atoms with E-state index in [0.29, 0.717) is 17.0 Å². The monoisotopic (exact) mass is 269 g/mol. The summed E-state index contributed by atoms with van der Waals surface area (Å²) in [5, 5.41) is 9.41. The first-order valence-corrected chi connectivity index (χ1v) is 6.41. The summed E-state index contributed by atoms with van der Waals surface area (Å²) < 4.78 is 11.4. The molecule has 0 saturated heterocycles. The van der Waals surface area contributed by atoms with Crippen molar-refractivity contribution in [3.05, 3.63) is 53.4 Å². The molecule has 1 aromatic heterocycles. The lowest BCUT2D eigenvalue weighted by atomic mass is 10.1. The lowest BCUT2D eigenvalue weighted by molar-refractivity contribution is 0.264. The van der Waals surface area contributed by atoms with E-state index >= 15 is 0 Å². The number of hydrogen-bond donors (Lipinski definition) is 1. The zero-order chi connectivity index (χ0) is 14.1. The highest BCUT2D eigenvalue weighted by molar-refractivity contribution is 5.74. The Morgan fingerprint density at radius 3 is 2.65 bits per heavy atom. The third-order valence-corrected chi connectivity index (χ3v) is 3.16. The van der Waals surface area contributed by atoms with E-state index in [1.807, 2.05) is 32.0 Å². The van der Waals surface area contributed by atoms with E-state index in [1.165, 1.54) is 0 Å². The van der Waals surface area contributed by atoms with Crippen molar-refractivity contribution < 1.29 is 14.3 Å². The number of para-hydroxylation sites is 1. The summed E-state index contributed by atoms with van der Waals surface area (Å²) in [6.07, 6.45) is 0. The predicted molar refractivity (Wildman–Crippen MR) is 75.9 cm³/mol. The first-order valence-electron chi connectivity index (χ1n) is 6.41. The van der Waals surface area contributed by atoms with Gasteiger partial charge in [-0.1, -0.05) is 18.2 Å². The van der Waals surface area contributed by atoms with Gasteiger partial charge in [-0.25, -0.2) is 4.98 Å². The number of nitrogens with zero attached hydrogens (tertiary/aromatic N) is 1. The van der Waals surface area contributed by atoms with Crippen molar-refractivity contribution in [3.8, 4) is 11.5 Å². The van der Waals surface area contributed by atoms with Crippen molar-refractivity contribution in [1.29, 1.82) is 0 Å². The molecule has 4 nitrogen and oxygen atoms in total. The number of hydrogen-bond acceptors (Lipinski definition) is 4. The largest absolute Gasteiger partial charge is 0.508 e. The van der Waals surface area contributed by atoms with Gasteiger partial charge in [0, 0.05) is 6.07 Å². The summed E-state index contributed by atoms with van der Waals surface area (Å²) in [6.45, 7) is 4.28. The molecule has 4 heteroatoms. The fraction of sp³-hybridized carbons (Fsp3) is 0.188. The van der Waals surface area contributed by atoms with Crippen LogP contribution in [0.15, 0.2) is 40.8 Å². The fourth-order valence-corrected chi connectivity index (χ4v) is 2.19. The molecule has 0 atom stereocenters. The van der Waals surface area contributed by atoms with E-state index in [1.54, 1.807) is 18.2 Å². The van der Waals surface area contributed by atoms with E-state index < -0.39 is 0 Å². The van der Waals surface area contributed by atoms with Gasteiger partial charge in [0.15, 0.2) is 12.2 Å². The third kappa shape index (κ3) is 2.32. The van der Waals surface area contributed by atoms with Crippen LogP contribution in [-0.4, -0.2) is 10.1 Å². The fourth-order valence-electron chi connectivity index (χ4n) is 2.19. The molecule has 1 N–H and O–H groups in total. The SMILES string of the molecule is Cc1cccc(C)c1OCc1nc2cc(O)ccc2o1. The molecule has 0 bridgehead atoms. The molecule has 0 aliphatic carbocycles. The van der Waals surface area contributed by atoms with Crippen LogP contribution in [0.5, 0.6) is 11.5 Å². The van der Waals surface area contributed by atoms with Crippen LogP contribution in [0.3, 0.4) is 0 Å². The summed E-state index contributed by atoms with van der Waals surface area (Å²) in [5.74, 6) is 1.53. The minimum absolute atomic E-state index is 0.174. The van der Waals surface area contributed by atoms with Crippen LogP contribution >= 0.6 is 0 Å². The summed E-state index contributed by atoms with van der Waals surface area (Å²) in [5.41, 5.74) is 3.44. The third-order valence-electron chi connectivity index (χ3n) is 3.16. The Labute approximate surface area is 116 Å². The first-order chi connectivity index (χ1) is 9.63. The van der Waals surface area contributed by atoms with E-state index in [-0.39, 0.29) is 12.4 Å². The maximum Gasteiger partial charge on any atom is 0.233 e.